The summed E-state index contributed by atoms with van der Waals surface area (Å²) in [5.74, 6) is 11.0. The minimum atomic E-state index is 0.0885. The molecule has 3 heteroatoms. The molecule has 0 heterocycles. The summed E-state index contributed by atoms with van der Waals surface area (Å²) in [7, 11) is 0. The highest BCUT2D eigenvalue weighted by Crippen LogP contribution is 2.11. The van der Waals surface area contributed by atoms with Gasteiger partial charge >= 0.3 is 0 Å². The van der Waals surface area contributed by atoms with Crippen LogP contribution in [0.3, 0.4) is 0 Å². The zero-order valence-electron chi connectivity index (χ0n) is 7.25. The van der Waals surface area contributed by atoms with Crippen LogP contribution in [0.4, 0.5) is 5.69 Å². The Labute approximate surface area is 77.5 Å². The molecule has 0 aliphatic carbocycles. The normalized spacial score (nSPS) is 8.77. The van der Waals surface area contributed by atoms with E-state index in [9.17, 15) is 0 Å². The molecule has 0 bridgehead atoms. The molecule has 13 heavy (non-hydrogen) atoms. The number of anilines is 1. The Bertz CT molecular complexity index is 325. The van der Waals surface area contributed by atoms with Crippen molar-refractivity contribution in [2.24, 2.45) is 5.84 Å². The molecule has 0 amide bonds. The summed E-state index contributed by atoms with van der Waals surface area (Å²) < 4.78 is 0. The molecule has 0 aliphatic rings. The molecule has 1 aromatic rings. The number of hydrogen-bond donors (Lipinski definition) is 3. The highest BCUT2D eigenvalue weighted by molar-refractivity contribution is 5.58. The van der Waals surface area contributed by atoms with Crippen LogP contribution in [0.5, 0.6) is 0 Å². The van der Waals surface area contributed by atoms with Crippen LogP contribution in [0.2, 0.25) is 0 Å². The first-order chi connectivity index (χ1) is 6.38. The Morgan fingerprint density at radius 2 is 2.15 bits per heavy atom. The van der Waals surface area contributed by atoms with Gasteiger partial charge in [-0.1, -0.05) is 24.0 Å². The Hall–Kier alpha value is -1.50. The second kappa shape index (κ2) is 5.20. The topological polar surface area (TPSA) is 58.3 Å². The van der Waals surface area contributed by atoms with E-state index in [1.54, 1.807) is 0 Å². The smallest absolute Gasteiger partial charge is 0.0641 e. The molecular formula is C10H12N2O. The molecule has 1 rings (SSSR count). The maximum Gasteiger partial charge on any atom is 0.0641 e. The molecule has 0 unspecified atom stereocenters. The SMILES string of the molecule is NNc1ccccc1C#CCCO. The van der Waals surface area contributed by atoms with E-state index < -0.39 is 0 Å². The van der Waals surface area contributed by atoms with Crippen LogP contribution in [0, 0.1) is 11.8 Å². The Morgan fingerprint density at radius 3 is 2.85 bits per heavy atom. The first-order valence-corrected chi connectivity index (χ1v) is 4.04. The number of nitrogens with one attached hydrogen (secondary N) is 1. The van der Waals surface area contributed by atoms with Gasteiger partial charge in [0.05, 0.1) is 12.3 Å². The number of aliphatic hydroxyl groups excluding tert-OH is 1. The Morgan fingerprint density at radius 1 is 1.38 bits per heavy atom. The molecule has 0 aliphatic heterocycles. The van der Waals surface area contributed by atoms with E-state index in [1.807, 2.05) is 24.3 Å². The molecule has 0 radical (unpaired) electrons. The molecule has 0 atom stereocenters. The lowest BCUT2D eigenvalue weighted by molar-refractivity contribution is 0.305. The second-order valence-electron chi connectivity index (χ2n) is 2.47. The maximum atomic E-state index is 8.53. The predicted octanol–water partition coefficient (Wildman–Crippen LogP) is 0.706. The van der Waals surface area contributed by atoms with Gasteiger partial charge in [0.25, 0.3) is 0 Å². The lowest BCUT2D eigenvalue weighted by Gasteiger charge is -2.01. The lowest BCUT2D eigenvalue weighted by Crippen LogP contribution is -2.07. The zero-order chi connectivity index (χ0) is 9.52. The van der Waals surface area contributed by atoms with E-state index in [0.29, 0.717) is 6.42 Å². The van der Waals surface area contributed by atoms with Crippen molar-refractivity contribution in [3.8, 4) is 11.8 Å². The van der Waals surface area contributed by atoms with Crippen molar-refractivity contribution in [2.75, 3.05) is 12.0 Å². The standard InChI is InChI=1S/C10H12N2O/c11-12-10-7-2-1-5-9(10)6-3-4-8-13/h1-2,5,7,12-13H,4,8,11H2. The number of hydrogen-bond acceptors (Lipinski definition) is 3. The number of hydrazine groups is 1. The van der Waals surface area contributed by atoms with E-state index in [0.717, 1.165) is 11.3 Å². The summed E-state index contributed by atoms with van der Waals surface area (Å²) in [5.41, 5.74) is 4.20. The highest BCUT2D eigenvalue weighted by Gasteiger charge is 1.93. The van der Waals surface area contributed by atoms with Gasteiger partial charge in [-0.2, -0.15) is 0 Å². The van der Waals surface area contributed by atoms with Crippen LogP contribution in [0.25, 0.3) is 0 Å². The molecule has 0 fully saturated rings. The molecule has 1 aromatic carbocycles. The van der Waals surface area contributed by atoms with E-state index >= 15 is 0 Å². The fourth-order valence-electron chi connectivity index (χ4n) is 0.932. The molecule has 3 nitrogen and oxygen atoms in total. The summed E-state index contributed by atoms with van der Waals surface area (Å²) in [4.78, 5) is 0. The molecule has 4 N–H and O–H groups in total. The molecule has 0 aromatic heterocycles. The van der Waals surface area contributed by atoms with Crippen LogP contribution in [0.1, 0.15) is 12.0 Å². The predicted molar refractivity (Wildman–Crippen MR) is 52.8 cm³/mol. The first-order valence-electron chi connectivity index (χ1n) is 4.04. The molecule has 0 saturated carbocycles. The number of benzene rings is 1. The van der Waals surface area contributed by atoms with Gasteiger partial charge in [-0.05, 0) is 12.1 Å². The summed E-state index contributed by atoms with van der Waals surface area (Å²) >= 11 is 0. The third kappa shape index (κ3) is 2.79. The van der Waals surface area contributed by atoms with Crippen LogP contribution < -0.4 is 11.3 Å². The third-order valence-electron chi connectivity index (χ3n) is 1.54. The van der Waals surface area contributed by atoms with Crippen molar-refractivity contribution in [3.05, 3.63) is 29.8 Å². The quantitative estimate of drug-likeness (QED) is 0.353. The van der Waals surface area contributed by atoms with Gasteiger partial charge in [-0.25, -0.2) is 0 Å². The monoisotopic (exact) mass is 176 g/mol. The van der Waals surface area contributed by atoms with Gasteiger partial charge in [-0.15, -0.1) is 0 Å². The van der Waals surface area contributed by atoms with Gasteiger partial charge in [-0.3, -0.25) is 5.84 Å². The van der Waals surface area contributed by atoms with Crippen molar-refractivity contribution < 1.29 is 5.11 Å². The van der Waals surface area contributed by atoms with E-state index in [1.165, 1.54) is 0 Å². The summed E-state index contributed by atoms with van der Waals surface area (Å²) in [6, 6.07) is 7.50. The Balaban J connectivity index is 2.82. The maximum absolute atomic E-state index is 8.53. The largest absolute Gasteiger partial charge is 0.395 e. The molecule has 0 saturated heterocycles. The minimum absolute atomic E-state index is 0.0885. The minimum Gasteiger partial charge on any atom is -0.395 e. The zero-order valence-corrected chi connectivity index (χ0v) is 7.25. The number of aliphatic hydroxyl groups is 1. The Kier molecular flexibility index (Phi) is 3.83. The van der Waals surface area contributed by atoms with Gasteiger partial charge in [0, 0.05) is 12.0 Å². The van der Waals surface area contributed by atoms with Crippen molar-refractivity contribution in [3.63, 3.8) is 0 Å². The van der Waals surface area contributed by atoms with Crippen molar-refractivity contribution >= 4 is 5.69 Å². The average Bonchev–Trinajstić information content (AvgIpc) is 2.19. The highest BCUT2D eigenvalue weighted by atomic mass is 16.2. The van der Waals surface area contributed by atoms with Crippen LogP contribution in [-0.2, 0) is 0 Å². The number of nitrogens with two attached hydrogens (primary N) is 1. The fraction of sp³-hybridized carbons (Fsp3) is 0.200. The van der Waals surface area contributed by atoms with Crippen LogP contribution in [-0.4, -0.2) is 11.7 Å². The van der Waals surface area contributed by atoms with E-state index in [4.69, 9.17) is 10.9 Å². The van der Waals surface area contributed by atoms with Gasteiger partial charge in [0.15, 0.2) is 0 Å². The third-order valence-corrected chi connectivity index (χ3v) is 1.54. The number of rotatable bonds is 2. The van der Waals surface area contributed by atoms with Gasteiger partial charge in [0.2, 0.25) is 0 Å². The van der Waals surface area contributed by atoms with Crippen molar-refractivity contribution in [1.29, 1.82) is 0 Å². The van der Waals surface area contributed by atoms with Crippen molar-refractivity contribution in [1.82, 2.24) is 0 Å². The van der Waals surface area contributed by atoms with Crippen LogP contribution >= 0.6 is 0 Å². The van der Waals surface area contributed by atoms with E-state index in [2.05, 4.69) is 17.3 Å². The number of para-hydroxylation sites is 1. The molecule has 0 spiro atoms. The lowest BCUT2D eigenvalue weighted by atomic mass is 10.2. The van der Waals surface area contributed by atoms with Crippen molar-refractivity contribution in [2.45, 2.75) is 6.42 Å². The van der Waals surface area contributed by atoms with Gasteiger partial charge < -0.3 is 10.5 Å². The average molecular weight is 176 g/mol. The second-order valence-corrected chi connectivity index (χ2v) is 2.47. The molecule has 68 valence electrons. The summed E-state index contributed by atoms with van der Waals surface area (Å²) in [6.45, 7) is 0.0885. The van der Waals surface area contributed by atoms with Crippen LogP contribution in [0.15, 0.2) is 24.3 Å². The molecular weight excluding hydrogens is 164 g/mol. The summed E-state index contributed by atoms with van der Waals surface area (Å²) in [5, 5.41) is 8.53. The van der Waals surface area contributed by atoms with E-state index in [-0.39, 0.29) is 6.61 Å². The summed E-state index contributed by atoms with van der Waals surface area (Å²) in [6.07, 6.45) is 0.485. The van der Waals surface area contributed by atoms with Gasteiger partial charge in [0.1, 0.15) is 0 Å². The fourth-order valence-corrected chi connectivity index (χ4v) is 0.932. The number of nitrogen functional groups attached to an aromatic ring is 1. The first kappa shape index (κ1) is 9.59.